The van der Waals surface area contributed by atoms with Gasteiger partial charge in [-0.3, -0.25) is 4.79 Å². The third-order valence-corrected chi connectivity index (χ3v) is 2.05. The molecule has 1 aromatic rings. The predicted molar refractivity (Wildman–Crippen MR) is 59.4 cm³/mol. The Morgan fingerprint density at radius 3 is 2.88 bits per heavy atom. The molecule has 0 spiro atoms. The summed E-state index contributed by atoms with van der Waals surface area (Å²) in [6, 6.07) is 2.93. The summed E-state index contributed by atoms with van der Waals surface area (Å²) in [6.07, 6.45) is 3.52. The molecule has 0 radical (unpaired) electrons. The van der Waals surface area contributed by atoms with Crippen molar-refractivity contribution in [2.24, 2.45) is 0 Å². The van der Waals surface area contributed by atoms with E-state index in [1.165, 1.54) is 18.3 Å². The standard InChI is InChI=1S/C11H14N2O3/c1-2-3-6-9(14)13-10-8(11(15)16)5-4-7-12-10/h4-5,7H,2-3,6H2,1H3,(H,15,16)(H,12,13,14). The quantitative estimate of drug-likeness (QED) is 0.797. The highest BCUT2D eigenvalue weighted by molar-refractivity contribution is 5.99. The third kappa shape index (κ3) is 3.34. The zero-order valence-electron chi connectivity index (χ0n) is 9.06. The normalized spacial score (nSPS) is 9.81. The molecule has 1 aromatic heterocycles. The Bertz CT molecular complexity index is 391. The summed E-state index contributed by atoms with van der Waals surface area (Å²) >= 11 is 0. The lowest BCUT2D eigenvalue weighted by atomic mass is 10.2. The van der Waals surface area contributed by atoms with Crippen molar-refractivity contribution in [3.8, 4) is 0 Å². The van der Waals surface area contributed by atoms with E-state index < -0.39 is 5.97 Å². The molecule has 0 saturated heterocycles. The molecule has 5 nitrogen and oxygen atoms in total. The number of carboxylic acid groups (broad SMARTS) is 1. The number of nitrogens with one attached hydrogen (secondary N) is 1. The molecule has 1 rings (SSSR count). The van der Waals surface area contributed by atoms with E-state index in [1.807, 2.05) is 6.92 Å². The number of carbonyl (C=O) groups excluding carboxylic acids is 1. The van der Waals surface area contributed by atoms with Crippen molar-refractivity contribution in [1.29, 1.82) is 0 Å². The van der Waals surface area contributed by atoms with Crippen LogP contribution in [0.15, 0.2) is 18.3 Å². The summed E-state index contributed by atoms with van der Waals surface area (Å²) in [4.78, 5) is 26.1. The number of rotatable bonds is 5. The first-order valence-corrected chi connectivity index (χ1v) is 5.13. The third-order valence-electron chi connectivity index (χ3n) is 2.05. The molecule has 0 unspecified atom stereocenters. The van der Waals surface area contributed by atoms with Gasteiger partial charge < -0.3 is 10.4 Å². The maximum Gasteiger partial charge on any atom is 0.339 e. The fraction of sp³-hybridized carbons (Fsp3) is 0.364. The first-order valence-electron chi connectivity index (χ1n) is 5.13. The number of aromatic nitrogens is 1. The van der Waals surface area contributed by atoms with Crippen molar-refractivity contribution in [2.45, 2.75) is 26.2 Å². The number of hydrogen-bond donors (Lipinski definition) is 2. The van der Waals surface area contributed by atoms with Crippen molar-refractivity contribution in [2.75, 3.05) is 5.32 Å². The van der Waals surface area contributed by atoms with Gasteiger partial charge in [0.1, 0.15) is 11.4 Å². The maximum absolute atomic E-state index is 11.4. The Hall–Kier alpha value is -1.91. The largest absolute Gasteiger partial charge is 0.478 e. The first-order chi connectivity index (χ1) is 7.65. The number of anilines is 1. The smallest absolute Gasteiger partial charge is 0.339 e. The van der Waals surface area contributed by atoms with Crippen LogP contribution in [0.4, 0.5) is 5.82 Å². The van der Waals surface area contributed by atoms with E-state index in [2.05, 4.69) is 10.3 Å². The van der Waals surface area contributed by atoms with Crippen LogP contribution in [-0.2, 0) is 4.79 Å². The van der Waals surface area contributed by atoms with Gasteiger partial charge in [-0.1, -0.05) is 13.3 Å². The molecule has 1 amide bonds. The van der Waals surface area contributed by atoms with Crippen molar-refractivity contribution in [3.05, 3.63) is 23.9 Å². The highest BCUT2D eigenvalue weighted by Crippen LogP contribution is 2.11. The molecule has 0 saturated carbocycles. The van der Waals surface area contributed by atoms with E-state index in [-0.39, 0.29) is 17.3 Å². The lowest BCUT2D eigenvalue weighted by molar-refractivity contribution is -0.116. The molecule has 5 heteroatoms. The lowest BCUT2D eigenvalue weighted by Crippen LogP contribution is -2.15. The second kappa shape index (κ2) is 5.85. The number of nitrogens with zero attached hydrogens (tertiary/aromatic N) is 1. The van der Waals surface area contributed by atoms with Crippen LogP contribution in [-0.4, -0.2) is 22.0 Å². The lowest BCUT2D eigenvalue weighted by Gasteiger charge is -2.06. The molecule has 0 atom stereocenters. The maximum atomic E-state index is 11.4. The molecule has 86 valence electrons. The van der Waals surface area contributed by atoms with Crippen LogP contribution in [0.1, 0.15) is 36.5 Å². The van der Waals surface area contributed by atoms with Crippen molar-refractivity contribution >= 4 is 17.7 Å². The molecule has 2 N–H and O–H groups in total. The SMILES string of the molecule is CCCCC(=O)Nc1ncccc1C(=O)O. The summed E-state index contributed by atoms with van der Waals surface area (Å²) in [5.74, 6) is -1.20. The average molecular weight is 222 g/mol. The number of carboxylic acids is 1. The molecule has 0 aliphatic carbocycles. The molecule has 0 aromatic carbocycles. The van der Waals surface area contributed by atoms with Crippen molar-refractivity contribution in [1.82, 2.24) is 4.98 Å². The Balaban J connectivity index is 2.73. The predicted octanol–water partition coefficient (Wildman–Crippen LogP) is 1.91. The molecule has 0 aliphatic rings. The van der Waals surface area contributed by atoms with Gasteiger partial charge in [-0.15, -0.1) is 0 Å². The Labute approximate surface area is 93.5 Å². The van der Waals surface area contributed by atoms with Gasteiger partial charge in [0.25, 0.3) is 0 Å². The first kappa shape index (κ1) is 12.2. The van der Waals surface area contributed by atoms with Crippen molar-refractivity contribution in [3.63, 3.8) is 0 Å². The van der Waals surface area contributed by atoms with Crippen molar-refractivity contribution < 1.29 is 14.7 Å². The summed E-state index contributed by atoms with van der Waals surface area (Å²) in [7, 11) is 0. The minimum Gasteiger partial charge on any atom is -0.478 e. The number of amides is 1. The van der Waals surface area contributed by atoms with Crippen LogP contribution in [0.2, 0.25) is 0 Å². The minimum absolute atomic E-state index is 0.00680. The zero-order chi connectivity index (χ0) is 12.0. The number of hydrogen-bond acceptors (Lipinski definition) is 3. The zero-order valence-corrected chi connectivity index (χ0v) is 9.06. The Morgan fingerprint density at radius 2 is 2.25 bits per heavy atom. The number of unbranched alkanes of at least 4 members (excludes halogenated alkanes) is 1. The highest BCUT2D eigenvalue weighted by Gasteiger charge is 2.12. The molecule has 0 aliphatic heterocycles. The Kier molecular flexibility index (Phi) is 4.44. The van der Waals surface area contributed by atoms with E-state index in [0.29, 0.717) is 6.42 Å². The Morgan fingerprint density at radius 1 is 1.50 bits per heavy atom. The average Bonchev–Trinajstić information content (AvgIpc) is 2.27. The highest BCUT2D eigenvalue weighted by atomic mass is 16.4. The van der Waals surface area contributed by atoms with Crippen LogP contribution < -0.4 is 5.32 Å². The molecule has 0 fully saturated rings. The van der Waals surface area contributed by atoms with Gasteiger partial charge >= 0.3 is 5.97 Å². The monoisotopic (exact) mass is 222 g/mol. The number of carbonyl (C=O) groups is 2. The summed E-state index contributed by atoms with van der Waals surface area (Å²) in [5, 5.41) is 11.4. The second-order valence-corrected chi connectivity index (χ2v) is 3.36. The van der Waals surface area contributed by atoms with Gasteiger partial charge in [-0.2, -0.15) is 0 Å². The van der Waals surface area contributed by atoms with Crippen LogP contribution in [0.3, 0.4) is 0 Å². The van der Waals surface area contributed by atoms with E-state index in [0.717, 1.165) is 12.8 Å². The summed E-state index contributed by atoms with van der Waals surface area (Å²) in [5.41, 5.74) is 0.00680. The van der Waals surface area contributed by atoms with Crippen LogP contribution in [0.5, 0.6) is 0 Å². The van der Waals surface area contributed by atoms with E-state index in [4.69, 9.17) is 5.11 Å². The molecule has 16 heavy (non-hydrogen) atoms. The summed E-state index contributed by atoms with van der Waals surface area (Å²) < 4.78 is 0. The van der Waals surface area contributed by atoms with Gasteiger partial charge in [0.15, 0.2) is 0 Å². The fourth-order valence-corrected chi connectivity index (χ4v) is 1.21. The van der Waals surface area contributed by atoms with Gasteiger partial charge in [-0.25, -0.2) is 9.78 Å². The molecular weight excluding hydrogens is 208 g/mol. The molecular formula is C11H14N2O3. The van der Waals surface area contributed by atoms with E-state index in [9.17, 15) is 9.59 Å². The number of pyridine rings is 1. The molecule has 1 heterocycles. The number of aromatic carboxylic acids is 1. The second-order valence-electron chi connectivity index (χ2n) is 3.36. The fourth-order valence-electron chi connectivity index (χ4n) is 1.21. The summed E-state index contributed by atoms with van der Waals surface area (Å²) in [6.45, 7) is 1.98. The van der Waals surface area contributed by atoms with E-state index in [1.54, 1.807) is 0 Å². The minimum atomic E-state index is -1.10. The van der Waals surface area contributed by atoms with Crippen LogP contribution in [0, 0.1) is 0 Å². The van der Waals surface area contributed by atoms with Crippen LogP contribution >= 0.6 is 0 Å². The molecule has 0 bridgehead atoms. The van der Waals surface area contributed by atoms with E-state index >= 15 is 0 Å². The topological polar surface area (TPSA) is 79.3 Å². The van der Waals surface area contributed by atoms with Gasteiger partial charge in [-0.05, 0) is 18.6 Å². The van der Waals surface area contributed by atoms with Crippen LogP contribution in [0.25, 0.3) is 0 Å². The van der Waals surface area contributed by atoms with Gasteiger partial charge in [0, 0.05) is 12.6 Å². The van der Waals surface area contributed by atoms with Gasteiger partial charge in [0.2, 0.25) is 5.91 Å². The van der Waals surface area contributed by atoms with Gasteiger partial charge in [0.05, 0.1) is 0 Å².